The zero-order valence-electron chi connectivity index (χ0n) is 17.9. The van der Waals surface area contributed by atoms with Gasteiger partial charge in [0, 0.05) is 31.7 Å². The second-order valence-electron chi connectivity index (χ2n) is 7.37. The third kappa shape index (κ3) is 8.08. The Morgan fingerprint density at radius 3 is 2.79 bits per heavy atom. The summed E-state index contributed by atoms with van der Waals surface area (Å²) in [7, 11) is 3.84. The molecule has 0 spiro atoms. The zero-order valence-corrected chi connectivity index (χ0v) is 20.2. The highest BCUT2D eigenvalue weighted by atomic mass is 127. The number of nitrogens with zero attached hydrogens (tertiary/aromatic N) is 3. The Labute approximate surface area is 190 Å². The standard InChI is InChI=1S/C21H33FN4O2.HI/c1-5-23-21(26-11-7-8-17(15-26)20(27)28-6-2)24-13-16-9-10-19(22)18(12-16)14-25(3)4;/h9-10,12,17H,5-8,11,13-15H2,1-4H3,(H,23,24);1H. The number of aliphatic imine (C=N–C) groups is 1. The molecule has 1 heterocycles. The van der Waals surface area contributed by atoms with Crippen LogP contribution in [0.4, 0.5) is 4.39 Å². The SMILES string of the molecule is CCNC(=NCc1ccc(F)c(CN(C)C)c1)N1CCCC(C(=O)OCC)C1.I. The molecular formula is C21H34FIN4O2. The molecule has 1 N–H and O–H groups in total. The molecule has 0 saturated carbocycles. The molecule has 0 aromatic heterocycles. The molecule has 1 fully saturated rings. The van der Waals surface area contributed by atoms with Gasteiger partial charge in [-0.1, -0.05) is 6.07 Å². The monoisotopic (exact) mass is 520 g/mol. The maximum atomic E-state index is 14.0. The predicted octanol–water partition coefficient (Wildman–Crippen LogP) is 3.25. The molecular weight excluding hydrogens is 486 g/mol. The normalized spacial score (nSPS) is 17.1. The summed E-state index contributed by atoms with van der Waals surface area (Å²) in [4.78, 5) is 20.9. The molecule has 164 valence electrons. The van der Waals surface area contributed by atoms with E-state index in [4.69, 9.17) is 9.73 Å². The third-order valence-corrected chi connectivity index (χ3v) is 4.68. The van der Waals surface area contributed by atoms with Crippen LogP contribution in [0.1, 0.15) is 37.8 Å². The molecule has 6 nitrogen and oxygen atoms in total. The molecule has 29 heavy (non-hydrogen) atoms. The molecule has 1 atom stereocenters. The van der Waals surface area contributed by atoms with Crippen molar-refractivity contribution in [1.29, 1.82) is 0 Å². The Morgan fingerprint density at radius 2 is 2.14 bits per heavy atom. The summed E-state index contributed by atoms with van der Waals surface area (Å²) < 4.78 is 19.2. The molecule has 1 aliphatic heterocycles. The summed E-state index contributed by atoms with van der Waals surface area (Å²) >= 11 is 0. The molecule has 1 aliphatic rings. The van der Waals surface area contributed by atoms with Gasteiger partial charge < -0.3 is 19.9 Å². The van der Waals surface area contributed by atoms with Gasteiger partial charge in [-0.25, -0.2) is 9.38 Å². The topological polar surface area (TPSA) is 57.2 Å². The van der Waals surface area contributed by atoms with Crippen molar-refractivity contribution in [1.82, 2.24) is 15.1 Å². The fraction of sp³-hybridized carbons (Fsp3) is 0.619. The van der Waals surface area contributed by atoms with E-state index < -0.39 is 0 Å². The quantitative estimate of drug-likeness (QED) is 0.259. The minimum absolute atomic E-state index is 0. The van der Waals surface area contributed by atoms with Crippen molar-refractivity contribution >= 4 is 35.9 Å². The largest absolute Gasteiger partial charge is 0.466 e. The van der Waals surface area contributed by atoms with E-state index in [1.807, 2.05) is 38.9 Å². The lowest BCUT2D eigenvalue weighted by Gasteiger charge is -2.34. The lowest BCUT2D eigenvalue weighted by Crippen LogP contribution is -2.48. The summed E-state index contributed by atoms with van der Waals surface area (Å²) in [5.41, 5.74) is 1.63. The van der Waals surface area contributed by atoms with Crippen LogP contribution in [0, 0.1) is 11.7 Å². The first kappa shape index (κ1) is 25.6. The van der Waals surface area contributed by atoms with Gasteiger partial charge in [0.05, 0.1) is 19.1 Å². The second-order valence-corrected chi connectivity index (χ2v) is 7.37. The highest BCUT2D eigenvalue weighted by Crippen LogP contribution is 2.19. The van der Waals surface area contributed by atoms with Gasteiger partial charge in [-0.3, -0.25) is 4.79 Å². The van der Waals surface area contributed by atoms with E-state index in [0.717, 1.165) is 37.5 Å². The van der Waals surface area contributed by atoms with Crippen LogP contribution in [-0.2, 0) is 22.6 Å². The average Bonchev–Trinajstić information content (AvgIpc) is 2.67. The van der Waals surface area contributed by atoms with Crippen molar-refractivity contribution < 1.29 is 13.9 Å². The van der Waals surface area contributed by atoms with Gasteiger partial charge >= 0.3 is 5.97 Å². The minimum Gasteiger partial charge on any atom is -0.466 e. The van der Waals surface area contributed by atoms with E-state index >= 15 is 0 Å². The van der Waals surface area contributed by atoms with Gasteiger partial charge in [-0.15, -0.1) is 24.0 Å². The Balaban J connectivity index is 0.00000420. The van der Waals surface area contributed by atoms with Crippen LogP contribution in [0.5, 0.6) is 0 Å². The minimum atomic E-state index is -0.193. The number of nitrogens with one attached hydrogen (secondary N) is 1. The fourth-order valence-electron chi connectivity index (χ4n) is 3.40. The van der Waals surface area contributed by atoms with E-state index in [9.17, 15) is 9.18 Å². The van der Waals surface area contributed by atoms with Crippen LogP contribution in [0.2, 0.25) is 0 Å². The summed E-state index contributed by atoms with van der Waals surface area (Å²) in [6.07, 6.45) is 1.78. The van der Waals surface area contributed by atoms with Crippen molar-refractivity contribution in [2.45, 2.75) is 39.8 Å². The summed E-state index contributed by atoms with van der Waals surface area (Å²) in [6, 6.07) is 5.16. The molecule has 0 aliphatic carbocycles. The average molecular weight is 520 g/mol. The lowest BCUT2D eigenvalue weighted by molar-refractivity contribution is -0.149. The first-order chi connectivity index (χ1) is 13.4. The van der Waals surface area contributed by atoms with Crippen molar-refractivity contribution in [3.63, 3.8) is 0 Å². The van der Waals surface area contributed by atoms with Crippen LogP contribution in [0.3, 0.4) is 0 Å². The first-order valence-corrected chi connectivity index (χ1v) is 10.1. The number of likely N-dealkylation sites (tertiary alicyclic amines) is 1. The third-order valence-electron chi connectivity index (χ3n) is 4.68. The molecule has 1 unspecified atom stereocenters. The molecule has 1 saturated heterocycles. The predicted molar refractivity (Wildman–Crippen MR) is 125 cm³/mol. The number of hydrogen-bond donors (Lipinski definition) is 1. The van der Waals surface area contributed by atoms with Gasteiger partial charge in [0.25, 0.3) is 0 Å². The molecule has 2 rings (SSSR count). The summed E-state index contributed by atoms with van der Waals surface area (Å²) in [6.45, 7) is 7.49. The van der Waals surface area contributed by atoms with E-state index in [1.54, 1.807) is 6.07 Å². The Morgan fingerprint density at radius 1 is 1.38 bits per heavy atom. The number of rotatable bonds is 7. The summed E-state index contributed by atoms with van der Waals surface area (Å²) in [5.74, 6) is 0.349. The fourth-order valence-corrected chi connectivity index (χ4v) is 3.40. The van der Waals surface area contributed by atoms with Crippen molar-refractivity contribution in [2.75, 3.05) is 40.3 Å². The number of carbonyl (C=O) groups excluding carboxylic acids is 1. The van der Waals surface area contributed by atoms with Gasteiger partial charge in [-0.05, 0) is 58.5 Å². The molecule has 1 aromatic carbocycles. The van der Waals surface area contributed by atoms with Crippen LogP contribution in [-0.4, -0.2) is 62.1 Å². The van der Waals surface area contributed by atoms with Crippen LogP contribution >= 0.6 is 24.0 Å². The Bertz CT molecular complexity index is 685. The van der Waals surface area contributed by atoms with Crippen molar-refractivity contribution in [2.24, 2.45) is 10.9 Å². The number of halogens is 2. The maximum Gasteiger partial charge on any atom is 0.310 e. The summed E-state index contributed by atoms with van der Waals surface area (Å²) in [5, 5.41) is 3.31. The number of esters is 1. The number of piperidine rings is 1. The van der Waals surface area contributed by atoms with E-state index in [2.05, 4.69) is 10.2 Å². The van der Waals surface area contributed by atoms with Crippen LogP contribution in [0.15, 0.2) is 23.2 Å². The first-order valence-electron chi connectivity index (χ1n) is 10.1. The van der Waals surface area contributed by atoms with E-state index in [-0.39, 0.29) is 41.7 Å². The second kappa shape index (κ2) is 13.0. The molecule has 0 bridgehead atoms. The number of hydrogen-bond acceptors (Lipinski definition) is 4. The maximum absolute atomic E-state index is 14.0. The molecule has 0 amide bonds. The van der Waals surface area contributed by atoms with Crippen molar-refractivity contribution in [3.05, 3.63) is 35.1 Å². The number of ether oxygens (including phenoxy) is 1. The Hall–Kier alpha value is -1.42. The highest BCUT2D eigenvalue weighted by molar-refractivity contribution is 14.0. The van der Waals surface area contributed by atoms with Crippen molar-refractivity contribution in [3.8, 4) is 0 Å². The van der Waals surface area contributed by atoms with Gasteiger partial charge in [0.1, 0.15) is 5.82 Å². The van der Waals surface area contributed by atoms with E-state index in [1.165, 1.54) is 6.07 Å². The highest BCUT2D eigenvalue weighted by Gasteiger charge is 2.28. The molecule has 0 radical (unpaired) electrons. The number of carbonyl (C=O) groups is 1. The number of benzene rings is 1. The van der Waals surface area contributed by atoms with Gasteiger partial charge in [0.2, 0.25) is 0 Å². The zero-order chi connectivity index (χ0) is 20.5. The van der Waals surface area contributed by atoms with Crippen LogP contribution < -0.4 is 5.32 Å². The number of guanidine groups is 1. The lowest BCUT2D eigenvalue weighted by atomic mass is 9.98. The molecule has 8 heteroatoms. The van der Waals surface area contributed by atoms with Gasteiger partial charge in [0.15, 0.2) is 5.96 Å². The molecule has 1 aromatic rings. The Kier molecular flexibility index (Phi) is 11.5. The van der Waals surface area contributed by atoms with Crippen LogP contribution in [0.25, 0.3) is 0 Å². The smallest absolute Gasteiger partial charge is 0.310 e. The van der Waals surface area contributed by atoms with Gasteiger partial charge in [-0.2, -0.15) is 0 Å². The van der Waals surface area contributed by atoms with E-state index in [0.29, 0.717) is 31.8 Å².